The smallest absolute Gasteiger partial charge is 0.417 e. The van der Waals surface area contributed by atoms with Crippen molar-refractivity contribution in [1.82, 2.24) is 4.98 Å². The van der Waals surface area contributed by atoms with Crippen molar-refractivity contribution >= 4 is 22.7 Å². The summed E-state index contributed by atoms with van der Waals surface area (Å²) in [6.07, 6.45) is 0. The Balaban J connectivity index is 1.89. The molecular formula is C21H12F2N2O4. The van der Waals surface area contributed by atoms with E-state index in [1.54, 1.807) is 12.1 Å². The molecule has 0 radical (unpaired) electrons. The Morgan fingerprint density at radius 2 is 1.66 bits per heavy atom. The number of nitrogens with one attached hydrogen (secondary N) is 2. The molecule has 1 aliphatic rings. The van der Waals surface area contributed by atoms with Gasteiger partial charge in [-0.25, -0.2) is 13.6 Å². The maximum Gasteiger partial charge on any atom is 0.417 e. The van der Waals surface area contributed by atoms with Crippen molar-refractivity contribution in [2.75, 3.05) is 5.32 Å². The number of carbonyl (C=O) groups is 1. The van der Waals surface area contributed by atoms with Crippen LogP contribution in [-0.2, 0) is 10.2 Å². The lowest BCUT2D eigenvalue weighted by Crippen LogP contribution is -2.37. The van der Waals surface area contributed by atoms with Gasteiger partial charge in [-0.3, -0.25) is 9.78 Å². The average Bonchev–Trinajstić information content (AvgIpc) is 3.22. The summed E-state index contributed by atoms with van der Waals surface area (Å²) in [6, 6.07) is 12.9. The van der Waals surface area contributed by atoms with Crippen molar-refractivity contribution in [1.29, 1.82) is 0 Å². The molecule has 6 nitrogen and oxygen atoms in total. The molecule has 3 N–H and O–H groups in total. The molecule has 29 heavy (non-hydrogen) atoms. The van der Waals surface area contributed by atoms with Crippen LogP contribution in [0.4, 0.5) is 14.5 Å². The third-order valence-corrected chi connectivity index (χ3v) is 5.23. The summed E-state index contributed by atoms with van der Waals surface area (Å²) in [5.74, 6) is -3.50. The molecular weight excluding hydrogens is 382 g/mol. The molecule has 4 aromatic rings. The van der Waals surface area contributed by atoms with Crippen LogP contribution in [0.2, 0.25) is 0 Å². The molecule has 0 saturated heterocycles. The first-order chi connectivity index (χ1) is 13.9. The number of aromatic nitrogens is 1. The number of H-pyrrole nitrogens is 1. The van der Waals surface area contributed by atoms with Crippen molar-refractivity contribution in [3.8, 4) is 5.75 Å². The summed E-state index contributed by atoms with van der Waals surface area (Å²) in [5, 5.41) is 12.1. The minimum atomic E-state index is -1.53. The summed E-state index contributed by atoms with van der Waals surface area (Å²) in [5.41, 5.74) is -0.0585. The maximum absolute atomic E-state index is 14.5. The van der Waals surface area contributed by atoms with E-state index in [9.17, 15) is 23.5 Å². The molecule has 1 amide bonds. The van der Waals surface area contributed by atoms with Crippen LogP contribution in [-0.4, -0.2) is 16.0 Å². The zero-order valence-corrected chi connectivity index (χ0v) is 14.6. The summed E-state index contributed by atoms with van der Waals surface area (Å²) in [6.45, 7) is 0. The largest absolute Gasteiger partial charge is 0.508 e. The monoisotopic (exact) mass is 394 g/mol. The highest BCUT2D eigenvalue weighted by Crippen LogP contribution is 2.49. The maximum atomic E-state index is 14.5. The van der Waals surface area contributed by atoms with Crippen molar-refractivity contribution in [2.24, 2.45) is 0 Å². The second-order valence-electron chi connectivity index (χ2n) is 6.76. The van der Waals surface area contributed by atoms with Gasteiger partial charge in [0, 0.05) is 5.56 Å². The molecule has 0 fully saturated rings. The highest BCUT2D eigenvalue weighted by molar-refractivity contribution is 6.11. The number of halogens is 2. The first kappa shape index (κ1) is 17.2. The van der Waals surface area contributed by atoms with E-state index in [-0.39, 0.29) is 17.0 Å². The summed E-state index contributed by atoms with van der Waals surface area (Å²) >= 11 is 0. The van der Waals surface area contributed by atoms with E-state index >= 15 is 0 Å². The lowest BCUT2D eigenvalue weighted by atomic mass is 9.70. The number of aromatic hydroxyl groups is 1. The molecule has 144 valence electrons. The molecule has 0 aliphatic carbocycles. The second-order valence-corrected chi connectivity index (χ2v) is 6.76. The van der Waals surface area contributed by atoms with Crippen LogP contribution in [0.1, 0.15) is 16.7 Å². The van der Waals surface area contributed by atoms with Crippen LogP contribution >= 0.6 is 0 Å². The second kappa shape index (κ2) is 5.78. The fourth-order valence-electron chi connectivity index (χ4n) is 3.95. The molecule has 1 unspecified atom stereocenters. The standard InChI is InChI=1S/C21H12F2N2O4/c22-14-7-6-13-18(17(14)23)25-19(27)21(13,10-1-4-12(26)5-2-10)11-3-8-16-15(9-11)24-20(28)29-16/h1-9,26H,(H,24,28)(H,25,27). The molecule has 0 spiro atoms. The molecule has 0 bridgehead atoms. The number of fused-ring (bicyclic) bond motifs is 2. The zero-order chi connectivity index (χ0) is 20.3. The normalized spacial score (nSPS) is 18.1. The van der Waals surface area contributed by atoms with E-state index in [4.69, 9.17) is 4.42 Å². The Kier molecular flexibility index (Phi) is 3.42. The molecule has 1 atom stereocenters. The summed E-state index contributed by atoms with van der Waals surface area (Å²) in [7, 11) is 0. The Morgan fingerprint density at radius 3 is 2.41 bits per heavy atom. The predicted molar refractivity (Wildman–Crippen MR) is 99.8 cm³/mol. The third kappa shape index (κ3) is 2.25. The van der Waals surface area contributed by atoms with Gasteiger partial charge in [0.1, 0.15) is 11.2 Å². The van der Waals surface area contributed by atoms with Crippen molar-refractivity contribution in [2.45, 2.75) is 5.41 Å². The van der Waals surface area contributed by atoms with Crippen LogP contribution in [0.25, 0.3) is 11.1 Å². The van der Waals surface area contributed by atoms with Gasteiger partial charge in [0.15, 0.2) is 17.2 Å². The number of benzene rings is 3. The van der Waals surface area contributed by atoms with Crippen LogP contribution in [0.5, 0.6) is 5.75 Å². The van der Waals surface area contributed by atoms with Crippen LogP contribution in [0, 0.1) is 11.6 Å². The van der Waals surface area contributed by atoms with Gasteiger partial charge >= 0.3 is 5.76 Å². The molecule has 8 heteroatoms. The van der Waals surface area contributed by atoms with E-state index in [1.165, 1.54) is 36.4 Å². The fraction of sp³-hybridized carbons (Fsp3) is 0.0476. The highest BCUT2D eigenvalue weighted by atomic mass is 19.2. The lowest BCUT2D eigenvalue weighted by Gasteiger charge is -2.29. The SMILES string of the molecule is O=C1Nc2c(ccc(F)c2F)C1(c1ccc(O)cc1)c1ccc2oc(=O)[nH]c2c1. The highest BCUT2D eigenvalue weighted by Gasteiger charge is 2.51. The van der Waals surface area contributed by atoms with Gasteiger partial charge in [0.05, 0.1) is 11.2 Å². The van der Waals surface area contributed by atoms with E-state index in [0.717, 1.165) is 6.07 Å². The van der Waals surface area contributed by atoms with Crippen LogP contribution in [0.3, 0.4) is 0 Å². The van der Waals surface area contributed by atoms with Gasteiger partial charge in [0.2, 0.25) is 5.91 Å². The van der Waals surface area contributed by atoms with Crippen molar-refractivity contribution in [3.05, 3.63) is 93.5 Å². The first-order valence-electron chi connectivity index (χ1n) is 8.64. The molecule has 1 aliphatic heterocycles. The number of hydrogen-bond acceptors (Lipinski definition) is 4. The number of amides is 1. The molecule has 3 aromatic carbocycles. The van der Waals surface area contributed by atoms with E-state index in [0.29, 0.717) is 22.2 Å². The molecule has 1 aromatic heterocycles. The summed E-state index contributed by atoms with van der Waals surface area (Å²) in [4.78, 5) is 27.4. The van der Waals surface area contributed by atoms with Gasteiger partial charge in [-0.15, -0.1) is 0 Å². The van der Waals surface area contributed by atoms with Gasteiger partial charge < -0.3 is 14.8 Å². The predicted octanol–water partition coefficient (Wildman–Crippen LogP) is 3.39. The number of aromatic amines is 1. The number of phenols is 1. The van der Waals surface area contributed by atoms with Crippen molar-refractivity contribution in [3.63, 3.8) is 0 Å². The number of hydrogen-bond donors (Lipinski definition) is 3. The van der Waals surface area contributed by atoms with E-state index in [1.807, 2.05) is 0 Å². The number of oxazole rings is 1. The average molecular weight is 394 g/mol. The first-order valence-corrected chi connectivity index (χ1v) is 8.64. The van der Waals surface area contributed by atoms with Gasteiger partial charge in [-0.1, -0.05) is 24.3 Å². The fourth-order valence-corrected chi connectivity index (χ4v) is 3.95. The van der Waals surface area contributed by atoms with Crippen LogP contribution in [0.15, 0.2) is 63.8 Å². The van der Waals surface area contributed by atoms with Gasteiger partial charge in [0.25, 0.3) is 0 Å². The Hall–Kier alpha value is -3.94. The lowest BCUT2D eigenvalue weighted by molar-refractivity contribution is -0.118. The minimum Gasteiger partial charge on any atom is -0.508 e. The number of phenolic OH excluding ortho intramolecular Hbond substituents is 1. The minimum absolute atomic E-state index is 0.0116. The molecule has 5 rings (SSSR count). The summed E-state index contributed by atoms with van der Waals surface area (Å²) < 4.78 is 33.3. The number of carbonyl (C=O) groups excluding carboxylic acids is 1. The topological polar surface area (TPSA) is 95.3 Å². The molecule has 0 saturated carbocycles. The van der Waals surface area contributed by atoms with Gasteiger partial charge in [-0.2, -0.15) is 0 Å². The Morgan fingerprint density at radius 1 is 0.931 bits per heavy atom. The van der Waals surface area contributed by atoms with E-state index in [2.05, 4.69) is 10.3 Å². The third-order valence-electron chi connectivity index (χ3n) is 5.23. The molecule has 2 heterocycles. The number of anilines is 1. The van der Waals surface area contributed by atoms with Gasteiger partial charge in [-0.05, 0) is 41.5 Å². The number of rotatable bonds is 2. The Labute approximate surface area is 161 Å². The zero-order valence-electron chi connectivity index (χ0n) is 14.6. The van der Waals surface area contributed by atoms with Crippen molar-refractivity contribution < 1.29 is 23.1 Å². The van der Waals surface area contributed by atoms with Crippen LogP contribution < -0.4 is 11.1 Å². The quantitative estimate of drug-likeness (QED) is 0.486. The van der Waals surface area contributed by atoms with E-state index < -0.39 is 28.7 Å². The Bertz CT molecular complexity index is 1360.